The van der Waals surface area contributed by atoms with Crippen molar-refractivity contribution < 1.29 is 14.3 Å². The molecule has 27 heavy (non-hydrogen) atoms. The first-order valence-corrected chi connectivity index (χ1v) is 9.23. The molecule has 0 radical (unpaired) electrons. The molecule has 1 aromatic heterocycles. The zero-order valence-corrected chi connectivity index (χ0v) is 15.0. The van der Waals surface area contributed by atoms with Gasteiger partial charge in [-0.2, -0.15) is 0 Å². The number of aromatic nitrogens is 2. The second-order valence-corrected chi connectivity index (χ2v) is 6.60. The average Bonchev–Trinajstić information content (AvgIpc) is 3.17. The van der Waals surface area contributed by atoms with Crippen LogP contribution in [0.5, 0.6) is 11.5 Å². The van der Waals surface area contributed by atoms with Gasteiger partial charge in [-0.25, -0.2) is 9.97 Å². The van der Waals surface area contributed by atoms with Gasteiger partial charge in [0, 0.05) is 24.4 Å². The van der Waals surface area contributed by atoms with Gasteiger partial charge in [-0.05, 0) is 44.2 Å². The molecule has 140 valence electrons. The molecule has 4 rings (SSSR count). The van der Waals surface area contributed by atoms with Gasteiger partial charge >= 0.3 is 0 Å². The summed E-state index contributed by atoms with van der Waals surface area (Å²) in [5, 5.41) is 6.10. The Morgan fingerprint density at radius 3 is 2.93 bits per heavy atom. The fourth-order valence-corrected chi connectivity index (χ4v) is 3.23. The maximum atomic E-state index is 12.5. The SMILES string of the molecule is O=C(Nc1ccc2c(c1)OCO2)c1cc(NCCC2=CCCCC2)ncn1. The number of amides is 1. The fourth-order valence-electron chi connectivity index (χ4n) is 3.23. The summed E-state index contributed by atoms with van der Waals surface area (Å²) in [4.78, 5) is 20.8. The van der Waals surface area contributed by atoms with Gasteiger partial charge in [-0.3, -0.25) is 4.79 Å². The van der Waals surface area contributed by atoms with Crippen LogP contribution in [0.3, 0.4) is 0 Å². The molecule has 0 fully saturated rings. The number of carbonyl (C=O) groups excluding carboxylic acids is 1. The van der Waals surface area contributed by atoms with Crippen molar-refractivity contribution in [3.63, 3.8) is 0 Å². The van der Waals surface area contributed by atoms with Gasteiger partial charge in [0.15, 0.2) is 11.5 Å². The molecule has 0 saturated carbocycles. The van der Waals surface area contributed by atoms with Crippen LogP contribution in [0.25, 0.3) is 0 Å². The Morgan fingerprint density at radius 2 is 2.04 bits per heavy atom. The van der Waals surface area contributed by atoms with Crippen LogP contribution in [0.4, 0.5) is 11.5 Å². The average molecular weight is 366 g/mol. The minimum atomic E-state index is -0.297. The van der Waals surface area contributed by atoms with Crippen molar-refractivity contribution >= 4 is 17.4 Å². The molecule has 2 aliphatic rings. The highest BCUT2D eigenvalue weighted by Crippen LogP contribution is 2.34. The normalized spacial score (nSPS) is 15.2. The summed E-state index contributed by atoms with van der Waals surface area (Å²) in [7, 11) is 0. The molecule has 7 nitrogen and oxygen atoms in total. The number of hydrogen-bond donors (Lipinski definition) is 2. The lowest BCUT2D eigenvalue weighted by atomic mass is 9.97. The minimum absolute atomic E-state index is 0.199. The Hall–Kier alpha value is -3.09. The predicted octanol–water partition coefficient (Wildman–Crippen LogP) is 3.76. The van der Waals surface area contributed by atoms with Crippen LogP contribution in [-0.2, 0) is 0 Å². The zero-order valence-electron chi connectivity index (χ0n) is 15.0. The smallest absolute Gasteiger partial charge is 0.274 e. The molecule has 1 aromatic carbocycles. The zero-order chi connectivity index (χ0) is 18.5. The number of carbonyl (C=O) groups is 1. The third-order valence-electron chi connectivity index (χ3n) is 4.67. The highest BCUT2D eigenvalue weighted by molar-refractivity contribution is 6.03. The molecular formula is C20H22N4O3. The van der Waals surface area contributed by atoms with E-state index in [1.54, 1.807) is 24.3 Å². The van der Waals surface area contributed by atoms with Crippen molar-refractivity contribution in [2.45, 2.75) is 32.1 Å². The van der Waals surface area contributed by atoms with Gasteiger partial charge in [0.05, 0.1) is 0 Å². The lowest BCUT2D eigenvalue weighted by molar-refractivity contribution is 0.102. The standard InChI is InChI=1S/C20H22N4O3/c25-20(24-15-6-7-17-18(10-15)27-13-26-17)16-11-19(23-12-22-16)21-9-8-14-4-2-1-3-5-14/h4,6-7,10-12H,1-3,5,8-9,13H2,(H,24,25)(H,21,22,23). The molecular weight excluding hydrogens is 344 g/mol. The number of ether oxygens (including phenoxy) is 2. The summed E-state index contributed by atoms with van der Waals surface area (Å²) in [6, 6.07) is 6.94. The fraction of sp³-hybridized carbons (Fsp3) is 0.350. The third kappa shape index (κ3) is 4.36. The van der Waals surface area contributed by atoms with Crippen LogP contribution in [-0.4, -0.2) is 29.2 Å². The van der Waals surface area contributed by atoms with Gasteiger partial charge in [-0.15, -0.1) is 0 Å². The van der Waals surface area contributed by atoms with Gasteiger partial charge in [0.2, 0.25) is 6.79 Å². The molecule has 2 aromatic rings. The highest BCUT2D eigenvalue weighted by atomic mass is 16.7. The van der Waals surface area contributed by atoms with Crippen LogP contribution >= 0.6 is 0 Å². The van der Waals surface area contributed by atoms with Crippen LogP contribution < -0.4 is 20.1 Å². The topological polar surface area (TPSA) is 85.4 Å². The third-order valence-corrected chi connectivity index (χ3v) is 4.67. The number of nitrogens with zero attached hydrogens (tertiary/aromatic N) is 2. The van der Waals surface area contributed by atoms with E-state index in [0.29, 0.717) is 28.7 Å². The van der Waals surface area contributed by atoms with Gasteiger partial charge in [0.25, 0.3) is 5.91 Å². The number of benzene rings is 1. The Morgan fingerprint density at radius 1 is 1.11 bits per heavy atom. The Bertz CT molecular complexity index is 866. The summed E-state index contributed by atoms with van der Waals surface area (Å²) < 4.78 is 10.6. The molecule has 2 heterocycles. The summed E-state index contributed by atoms with van der Waals surface area (Å²) in [6.07, 6.45) is 9.70. The molecule has 0 bridgehead atoms. The van der Waals surface area contributed by atoms with Crippen molar-refractivity contribution in [2.24, 2.45) is 0 Å². The minimum Gasteiger partial charge on any atom is -0.454 e. The molecule has 1 amide bonds. The summed E-state index contributed by atoms with van der Waals surface area (Å²) in [5.41, 5.74) is 2.44. The number of allylic oxidation sites excluding steroid dienone is 1. The number of anilines is 2. The highest BCUT2D eigenvalue weighted by Gasteiger charge is 2.15. The molecule has 0 saturated heterocycles. The van der Waals surface area contributed by atoms with Gasteiger partial charge in [0.1, 0.15) is 17.8 Å². The van der Waals surface area contributed by atoms with E-state index in [-0.39, 0.29) is 12.7 Å². The van der Waals surface area contributed by atoms with Gasteiger partial charge in [-0.1, -0.05) is 11.6 Å². The van der Waals surface area contributed by atoms with E-state index in [9.17, 15) is 4.79 Å². The molecule has 7 heteroatoms. The molecule has 0 atom stereocenters. The largest absolute Gasteiger partial charge is 0.454 e. The van der Waals surface area contributed by atoms with Crippen LogP contribution in [0, 0.1) is 0 Å². The second kappa shape index (κ2) is 8.07. The number of nitrogens with one attached hydrogen (secondary N) is 2. The lowest BCUT2D eigenvalue weighted by Gasteiger charge is -2.13. The van der Waals surface area contributed by atoms with Crippen molar-refractivity contribution in [3.05, 3.63) is 47.9 Å². The second-order valence-electron chi connectivity index (χ2n) is 6.60. The Balaban J connectivity index is 1.35. The van der Waals surface area contributed by atoms with E-state index in [2.05, 4.69) is 26.7 Å². The summed E-state index contributed by atoms with van der Waals surface area (Å²) in [6.45, 7) is 0.997. The van der Waals surface area contributed by atoms with Gasteiger partial charge < -0.3 is 20.1 Å². The Kier molecular flexibility index (Phi) is 5.18. The first kappa shape index (κ1) is 17.3. The van der Waals surface area contributed by atoms with Crippen molar-refractivity contribution in [3.8, 4) is 11.5 Å². The number of fused-ring (bicyclic) bond motifs is 1. The van der Waals surface area contributed by atoms with Crippen LogP contribution in [0.2, 0.25) is 0 Å². The van der Waals surface area contributed by atoms with E-state index < -0.39 is 0 Å². The quantitative estimate of drug-likeness (QED) is 0.757. The van der Waals surface area contributed by atoms with E-state index >= 15 is 0 Å². The molecule has 0 spiro atoms. The van der Waals surface area contributed by atoms with E-state index in [1.165, 1.54) is 37.6 Å². The molecule has 1 aliphatic carbocycles. The lowest BCUT2D eigenvalue weighted by Crippen LogP contribution is -2.15. The first-order chi connectivity index (χ1) is 13.3. The maximum absolute atomic E-state index is 12.5. The van der Waals surface area contributed by atoms with Crippen molar-refractivity contribution in [1.82, 2.24) is 9.97 Å². The summed E-state index contributed by atoms with van der Waals surface area (Å²) >= 11 is 0. The molecule has 0 unspecified atom stereocenters. The van der Waals surface area contributed by atoms with Crippen LogP contribution in [0.15, 0.2) is 42.2 Å². The van der Waals surface area contributed by atoms with Crippen molar-refractivity contribution in [2.75, 3.05) is 24.0 Å². The molecule has 2 N–H and O–H groups in total. The monoisotopic (exact) mass is 366 g/mol. The molecule has 1 aliphatic heterocycles. The number of rotatable bonds is 6. The summed E-state index contributed by atoms with van der Waals surface area (Å²) in [5.74, 6) is 1.65. The van der Waals surface area contributed by atoms with E-state index in [0.717, 1.165) is 13.0 Å². The van der Waals surface area contributed by atoms with E-state index in [1.807, 2.05) is 0 Å². The maximum Gasteiger partial charge on any atom is 0.274 e. The Labute approximate surface area is 157 Å². The van der Waals surface area contributed by atoms with Crippen LogP contribution in [0.1, 0.15) is 42.6 Å². The van der Waals surface area contributed by atoms with E-state index in [4.69, 9.17) is 9.47 Å². The number of hydrogen-bond acceptors (Lipinski definition) is 6. The predicted molar refractivity (Wildman–Crippen MR) is 102 cm³/mol. The first-order valence-electron chi connectivity index (χ1n) is 9.23. The van der Waals surface area contributed by atoms with Crippen molar-refractivity contribution in [1.29, 1.82) is 0 Å².